The number of H-pyrrole nitrogens is 1. The second-order valence-corrected chi connectivity index (χ2v) is 4.61. The van der Waals surface area contributed by atoms with Crippen molar-refractivity contribution < 1.29 is 18.4 Å². The van der Waals surface area contributed by atoms with Crippen LogP contribution in [0.5, 0.6) is 0 Å². The average Bonchev–Trinajstić information content (AvgIpc) is 3.49. The highest BCUT2D eigenvalue weighted by atomic mass is 16.6. The Labute approximate surface area is 135 Å². The lowest BCUT2D eigenvalue weighted by Gasteiger charge is -2.29. The van der Waals surface area contributed by atoms with Crippen LogP contribution < -0.4 is 5.01 Å². The van der Waals surface area contributed by atoms with Crippen LogP contribution in [0.1, 0.15) is 17.2 Å². The van der Waals surface area contributed by atoms with Gasteiger partial charge in [0.2, 0.25) is 12.3 Å². The summed E-state index contributed by atoms with van der Waals surface area (Å²) in [5, 5.41) is 30.7. The molecule has 0 aliphatic carbocycles. The number of nitrogens with zero attached hydrogens (tertiary/aromatic N) is 10. The largest absolute Gasteiger partial charge is 0.432 e. The van der Waals surface area contributed by atoms with E-state index in [1.54, 1.807) is 0 Å². The SMILES string of the molecule is c1n[nH]c(N2N=C(c3ncon3)OC2(c2conn2)c2cnon2)n1. The molecule has 4 aromatic rings. The maximum absolute atomic E-state index is 6.00. The minimum atomic E-state index is -1.59. The highest BCUT2D eigenvalue weighted by Gasteiger charge is 2.56. The quantitative estimate of drug-likeness (QED) is 0.479. The summed E-state index contributed by atoms with van der Waals surface area (Å²) >= 11 is 0. The van der Waals surface area contributed by atoms with Crippen LogP contribution in [0.2, 0.25) is 0 Å². The van der Waals surface area contributed by atoms with E-state index < -0.39 is 5.72 Å². The van der Waals surface area contributed by atoms with Crippen LogP contribution in [0.15, 0.2) is 44.0 Å². The molecular weight excluding hydrogens is 338 g/mol. The van der Waals surface area contributed by atoms with Gasteiger partial charge in [-0.3, -0.25) is 0 Å². The molecule has 25 heavy (non-hydrogen) atoms. The Kier molecular flexibility index (Phi) is 2.61. The zero-order chi connectivity index (χ0) is 16.7. The summed E-state index contributed by atoms with van der Waals surface area (Å²) in [5.74, 6) is 0.319. The Balaban J connectivity index is 1.74. The van der Waals surface area contributed by atoms with Gasteiger partial charge in [-0.05, 0) is 5.16 Å². The Morgan fingerprint density at radius 3 is 2.80 bits per heavy atom. The lowest BCUT2D eigenvalue weighted by atomic mass is 10.1. The Bertz CT molecular complexity index is 942. The van der Waals surface area contributed by atoms with Crippen LogP contribution in [0.25, 0.3) is 0 Å². The van der Waals surface area contributed by atoms with Crippen molar-refractivity contribution in [3.63, 3.8) is 0 Å². The van der Waals surface area contributed by atoms with E-state index in [0.717, 1.165) is 6.39 Å². The van der Waals surface area contributed by atoms with Crippen molar-refractivity contribution in [2.45, 2.75) is 5.72 Å². The van der Waals surface area contributed by atoms with Crippen LogP contribution in [-0.2, 0) is 10.5 Å². The molecule has 0 saturated heterocycles. The first-order chi connectivity index (χ1) is 12.4. The lowest BCUT2D eigenvalue weighted by Crippen LogP contribution is -2.44. The second-order valence-electron chi connectivity index (χ2n) is 4.61. The number of aromatic amines is 1. The van der Waals surface area contributed by atoms with Crippen molar-refractivity contribution >= 4 is 11.8 Å². The molecule has 4 aromatic heterocycles. The molecule has 15 nitrogen and oxygen atoms in total. The van der Waals surface area contributed by atoms with Gasteiger partial charge >= 0.3 is 5.72 Å². The van der Waals surface area contributed by atoms with E-state index in [-0.39, 0.29) is 29.1 Å². The molecule has 1 aliphatic heterocycles. The maximum atomic E-state index is 6.00. The lowest BCUT2D eigenvalue weighted by molar-refractivity contribution is 0.102. The summed E-state index contributed by atoms with van der Waals surface area (Å²) in [7, 11) is 0. The summed E-state index contributed by atoms with van der Waals surface area (Å²) in [6, 6.07) is 0. The van der Waals surface area contributed by atoms with Crippen molar-refractivity contribution in [1.82, 2.24) is 46.0 Å². The van der Waals surface area contributed by atoms with Crippen LogP contribution in [-0.4, -0.2) is 51.9 Å². The van der Waals surface area contributed by atoms with E-state index in [0.29, 0.717) is 0 Å². The molecule has 5 heterocycles. The maximum Gasteiger partial charge on any atom is 0.303 e. The van der Waals surface area contributed by atoms with Gasteiger partial charge in [0.05, 0.1) is 0 Å². The molecule has 1 N–H and O–H groups in total. The van der Waals surface area contributed by atoms with Gasteiger partial charge in [-0.2, -0.15) is 20.1 Å². The number of anilines is 1. The molecule has 5 rings (SSSR count). The summed E-state index contributed by atoms with van der Waals surface area (Å²) in [4.78, 5) is 8.00. The zero-order valence-electron chi connectivity index (χ0n) is 11.9. The number of rotatable bonds is 4. The van der Waals surface area contributed by atoms with Crippen molar-refractivity contribution in [2.24, 2.45) is 5.10 Å². The topological polar surface area (TPSA) is 183 Å². The molecule has 0 aromatic carbocycles. The Morgan fingerprint density at radius 1 is 1.12 bits per heavy atom. The molecule has 0 spiro atoms. The zero-order valence-corrected chi connectivity index (χ0v) is 11.9. The number of ether oxygens (including phenoxy) is 1. The molecule has 1 unspecified atom stereocenters. The number of hydrazone groups is 1. The highest BCUT2D eigenvalue weighted by Crippen LogP contribution is 2.41. The first-order valence-electron chi connectivity index (χ1n) is 6.63. The molecule has 124 valence electrons. The van der Waals surface area contributed by atoms with Gasteiger partial charge in [-0.25, -0.2) is 9.73 Å². The van der Waals surface area contributed by atoms with E-state index in [4.69, 9.17) is 18.4 Å². The predicted octanol–water partition coefficient (Wildman–Crippen LogP) is -0.947. The van der Waals surface area contributed by atoms with Crippen molar-refractivity contribution in [3.8, 4) is 0 Å². The third-order valence-corrected chi connectivity index (χ3v) is 3.30. The smallest absolute Gasteiger partial charge is 0.303 e. The van der Waals surface area contributed by atoms with Crippen LogP contribution >= 0.6 is 0 Å². The molecule has 0 amide bonds. The van der Waals surface area contributed by atoms with Crippen LogP contribution in [0, 0.1) is 0 Å². The molecule has 1 aliphatic rings. The monoisotopic (exact) mass is 343 g/mol. The summed E-state index contributed by atoms with van der Waals surface area (Å²) in [6.07, 6.45) is 5.01. The van der Waals surface area contributed by atoms with E-state index >= 15 is 0 Å². The van der Waals surface area contributed by atoms with Crippen molar-refractivity contribution in [1.29, 1.82) is 0 Å². The Hall–Kier alpha value is -4.17. The second kappa shape index (κ2) is 4.91. The number of aromatic nitrogens is 9. The third-order valence-electron chi connectivity index (χ3n) is 3.30. The van der Waals surface area contributed by atoms with Gasteiger partial charge < -0.3 is 13.8 Å². The fraction of sp³-hybridized carbons (Fsp3) is 0.100. The van der Waals surface area contributed by atoms with Gasteiger partial charge in [-0.15, -0.1) is 10.2 Å². The number of hydrogen-bond donors (Lipinski definition) is 1. The first kappa shape index (κ1) is 13.3. The van der Waals surface area contributed by atoms with Crippen molar-refractivity contribution in [3.05, 3.63) is 42.4 Å². The van der Waals surface area contributed by atoms with Gasteiger partial charge in [0.15, 0.2) is 17.7 Å². The summed E-state index contributed by atoms with van der Waals surface area (Å²) in [6.45, 7) is 0. The molecule has 1 atom stereocenters. The standard InChI is InChI=1S/C10H5N11O4/c1-5(18-25-14-1)10(6-2-22-20-15-6)21(9-11-3-13-16-9)17-8(24-10)7-12-4-23-19-7/h1-4H,(H,11,13,16). The molecule has 0 saturated carbocycles. The summed E-state index contributed by atoms with van der Waals surface area (Å²) < 4.78 is 20.3. The third kappa shape index (κ3) is 1.82. The fourth-order valence-electron chi connectivity index (χ4n) is 2.30. The molecule has 0 bridgehead atoms. The van der Waals surface area contributed by atoms with Crippen LogP contribution in [0.4, 0.5) is 5.95 Å². The van der Waals surface area contributed by atoms with E-state index in [9.17, 15) is 0 Å². The average molecular weight is 343 g/mol. The fourth-order valence-corrected chi connectivity index (χ4v) is 2.30. The Morgan fingerprint density at radius 2 is 2.12 bits per heavy atom. The van der Waals surface area contributed by atoms with Gasteiger partial charge in [-0.1, -0.05) is 10.3 Å². The molecule has 0 radical (unpaired) electrons. The van der Waals surface area contributed by atoms with Gasteiger partial charge in [0, 0.05) is 5.27 Å². The highest BCUT2D eigenvalue weighted by molar-refractivity contribution is 5.93. The van der Waals surface area contributed by atoms with Crippen LogP contribution in [0.3, 0.4) is 0 Å². The van der Waals surface area contributed by atoms with Crippen molar-refractivity contribution in [2.75, 3.05) is 5.01 Å². The predicted molar refractivity (Wildman–Crippen MR) is 70.2 cm³/mol. The number of nitrogens with one attached hydrogen (secondary N) is 1. The molecule has 15 heteroatoms. The van der Waals surface area contributed by atoms with Gasteiger partial charge in [0.25, 0.3) is 11.7 Å². The molecular formula is C10H5N11O4. The van der Waals surface area contributed by atoms with E-state index in [1.165, 1.54) is 23.8 Å². The van der Waals surface area contributed by atoms with E-state index in [1.807, 2.05) is 0 Å². The minimum Gasteiger partial charge on any atom is -0.432 e. The first-order valence-corrected chi connectivity index (χ1v) is 6.63. The minimum absolute atomic E-state index is 0.0103. The number of hydrogen-bond acceptors (Lipinski definition) is 14. The van der Waals surface area contributed by atoms with Gasteiger partial charge in [0.1, 0.15) is 12.5 Å². The van der Waals surface area contributed by atoms with E-state index in [2.05, 4.69) is 51.1 Å². The molecule has 0 fully saturated rings. The normalized spacial score (nSPS) is 19.8. The summed E-state index contributed by atoms with van der Waals surface area (Å²) in [5.41, 5.74) is -1.20.